The van der Waals surface area contributed by atoms with E-state index in [-0.39, 0.29) is 0 Å². The Kier molecular flexibility index (Phi) is 1.46. The highest BCUT2D eigenvalue weighted by atomic mass is 79.9. The third-order valence-electron chi connectivity index (χ3n) is 1.63. The summed E-state index contributed by atoms with van der Waals surface area (Å²) in [4.78, 5) is 4.35. The minimum Gasteiger partial charge on any atom is -0.267 e. The largest absolute Gasteiger partial charge is 0.267 e. The van der Waals surface area contributed by atoms with E-state index in [0.29, 0.717) is 0 Å². The van der Waals surface area contributed by atoms with Crippen molar-refractivity contribution in [1.82, 2.24) is 8.58 Å². The number of aryl methyl sites for hydroxylation is 1. The van der Waals surface area contributed by atoms with Gasteiger partial charge >= 0.3 is 0 Å². The Morgan fingerprint density at radius 2 is 2.18 bits per heavy atom. The highest BCUT2D eigenvalue weighted by Gasteiger charge is 1.98. The number of halogens is 1. The number of hydrogen-bond donors (Lipinski definition) is 0. The van der Waals surface area contributed by atoms with Gasteiger partial charge in [0.15, 0.2) is 0 Å². The van der Waals surface area contributed by atoms with Gasteiger partial charge in [-0.25, -0.2) is 4.98 Å². The average Bonchev–Trinajstić information content (AvgIpc) is 2.33. The molecule has 0 amide bonds. The van der Waals surface area contributed by atoms with Crippen LogP contribution in [0.25, 0.3) is 11.0 Å². The number of rotatable bonds is 0. The molecular formula is C8H7BrN2. The zero-order valence-corrected chi connectivity index (χ0v) is 7.67. The van der Waals surface area contributed by atoms with E-state index in [2.05, 4.69) is 27.2 Å². The molecule has 0 aromatic carbocycles. The number of aromatic nitrogens is 2. The van der Waals surface area contributed by atoms with Gasteiger partial charge in [0.05, 0.1) is 16.1 Å². The fraction of sp³-hybridized carbons (Fsp3) is 0.125. The van der Waals surface area contributed by atoms with Crippen LogP contribution in [0.4, 0.5) is 0 Å². The van der Waals surface area contributed by atoms with Crippen LogP contribution in [0.2, 0.25) is 0 Å². The van der Waals surface area contributed by atoms with Crippen molar-refractivity contribution in [1.29, 1.82) is 0 Å². The van der Waals surface area contributed by atoms with Crippen molar-refractivity contribution in [3.05, 3.63) is 30.1 Å². The van der Waals surface area contributed by atoms with E-state index in [4.69, 9.17) is 0 Å². The molecule has 56 valence electrons. The van der Waals surface area contributed by atoms with E-state index in [1.807, 2.05) is 28.8 Å². The van der Waals surface area contributed by atoms with Gasteiger partial charge in [0, 0.05) is 17.3 Å². The summed E-state index contributed by atoms with van der Waals surface area (Å²) >= 11 is 3.36. The summed E-state index contributed by atoms with van der Waals surface area (Å²) in [6.45, 7) is 1.99. The van der Waals surface area contributed by atoms with Crippen LogP contribution in [-0.2, 0) is 0 Å². The maximum absolute atomic E-state index is 4.35. The van der Waals surface area contributed by atoms with Crippen LogP contribution in [-0.4, -0.2) is 8.58 Å². The van der Waals surface area contributed by atoms with Gasteiger partial charge in [-0.15, -0.1) is 0 Å². The lowest BCUT2D eigenvalue weighted by Gasteiger charge is -1.93. The summed E-state index contributed by atoms with van der Waals surface area (Å²) in [5, 5.41) is 1.16. The van der Waals surface area contributed by atoms with Crippen LogP contribution in [0, 0.1) is 6.92 Å². The number of nitrogens with zero attached hydrogens (tertiary/aromatic N) is 2. The maximum atomic E-state index is 4.35. The van der Waals surface area contributed by atoms with Crippen LogP contribution in [0.1, 0.15) is 5.69 Å². The van der Waals surface area contributed by atoms with Crippen LogP contribution in [0.15, 0.2) is 24.4 Å². The molecule has 0 unspecified atom stereocenters. The predicted octanol–water partition coefficient (Wildman–Crippen LogP) is 2.50. The van der Waals surface area contributed by atoms with Gasteiger partial charge in [-0.2, -0.15) is 0 Å². The van der Waals surface area contributed by atoms with Crippen molar-refractivity contribution in [2.24, 2.45) is 0 Å². The molecule has 11 heavy (non-hydrogen) atoms. The van der Waals surface area contributed by atoms with E-state index in [1.54, 1.807) is 0 Å². The van der Waals surface area contributed by atoms with Crippen molar-refractivity contribution in [2.45, 2.75) is 6.92 Å². The summed E-state index contributed by atoms with van der Waals surface area (Å²) in [7, 11) is 0. The van der Waals surface area contributed by atoms with Gasteiger partial charge in [0.25, 0.3) is 0 Å². The van der Waals surface area contributed by atoms with Crippen molar-refractivity contribution < 1.29 is 0 Å². The van der Waals surface area contributed by atoms with Gasteiger partial charge in [0.1, 0.15) is 5.65 Å². The summed E-state index contributed by atoms with van der Waals surface area (Å²) in [5.74, 6) is 0. The highest BCUT2D eigenvalue weighted by molar-refractivity contribution is 9.08. The quantitative estimate of drug-likeness (QED) is 0.654. The monoisotopic (exact) mass is 210 g/mol. The van der Waals surface area contributed by atoms with Crippen molar-refractivity contribution in [2.75, 3.05) is 0 Å². The molecule has 2 heterocycles. The molecule has 3 heteroatoms. The molecule has 0 aliphatic rings. The Labute approximate surface area is 73.2 Å². The standard InChI is InChI=1S/C8H7BrN2/c1-6-2-3-7-4-5-11(9)8(7)10-6/h2-5H,1H3. The molecule has 0 fully saturated rings. The SMILES string of the molecule is Cc1ccc2ccn(Br)c2n1. The molecule has 2 rings (SSSR count). The zero-order chi connectivity index (χ0) is 7.84. The van der Waals surface area contributed by atoms with E-state index in [1.165, 1.54) is 0 Å². The van der Waals surface area contributed by atoms with Gasteiger partial charge < -0.3 is 0 Å². The molecular weight excluding hydrogens is 204 g/mol. The Morgan fingerprint density at radius 3 is 3.00 bits per heavy atom. The van der Waals surface area contributed by atoms with Crippen molar-refractivity contribution in [3.8, 4) is 0 Å². The first-order chi connectivity index (χ1) is 5.27. The van der Waals surface area contributed by atoms with Gasteiger partial charge in [-0.05, 0) is 25.1 Å². The molecule has 0 spiro atoms. The predicted molar refractivity (Wildman–Crippen MR) is 48.8 cm³/mol. The van der Waals surface area contributed by atoms with E-state index >= 15 is 0 Å². The minimum absolute atomic E-state index is 0.977. The number of fused-ring (bicyclic) bond motifs is 1. The molecule has 0 saturated carbocycles. The summed E-state index contributed by atoms with van der Waals surface area (Å²) in [5.41, 5.74) is 2.02. The van der Waals surface area contributed by atoms with Crippen molar-refractivity contribution >= 4 is 27.2 Å². The molecule has 0 aliphatic heterocycles. The van der Waals surface area contributed by atoms with Gasteiger partial charge in [0.2, 0.25) is 0 Å². The molecule has 0 aliphatic carbocycles. The van der Waals surface area contributed by atoms with Gasteiger partial charge in [-0.3, -0.25) is 3.59 Å². The van der Waals surface area contributed by atoms with E-state index in [9.17, 15) is 0 Å². The third kappa shape index (κ3) is 1.05. The molecule has 2 aromatic heterocycles. The topological polar surface area (TPSA) is 17.8 Å². The smallest absolute Gasteiger partial charge is 0.150 e. The fourth-order valence-electron chi connectivity index (χ4n) is 1.07. The van der Waals surface area contributed by atoms with E-state index < -0.39 is 0 Å². The maximum Gasteiger partial charge on any atom is 0.150 e. The Hall–Kier alpha value is -0.830. The molecule has 2 aromatic rings. The van der Waals surface area contributed by atoms with Crippen LogP contribution < -0.4 is 0 Å². The summed E-state index contributed by atoms with van der Waals surface area (Å²) < 4.78 is 1.84. The lowest BCUT2D eigenvalue weighted by molar-refractivity contribution is 1.20. The first kappa shape index (κ1) is 6.85. The summed E-state index contributed by atoms with van der Waals surface area (Å²) in [6.07, 6.45) is 1.94. The normalized spacial score (nSPS) is 10.7. The lowest BCUT2D eigenvalue weighted by atomic mass is 10.3. The third-order valence-corrected chi connectivity index (χ3v) is 2.20. The van der Waals surface area contributed by atoms with Crippen molar-refractivity contribution in [3.63, 3.8) is 0 Å². The van der Waals surface area contributed by atoms with Gasteiger partial charge in [-0.1, -0.05) is 0 Å². The second-order valence-electron chi connectivity index (χ2n) is 2.49. The van der Waals surface area contributed by atoms with E-state index in [0.717, 1.165) is 16.7 Å². The van der Waals surface area contributed by atoms with Crippen LogP contribution >= 0.6 is 16.1 Å². The zero-order valence-electron chi connectivity index (χ0n) is 6.08. The lowest BCUT2D eigenvalue weighted by Crippen LogP contribution is -1.83. The molecule has 0 bridgehead atoms. The fourth-order valence-corrected chi connectivity index (χ4v) is 1.47. The number of hydrogen-bond acceptors (Lipinski definition) is 1. The van der Waals surface area contributed by atoms with Crippen LogP contribution in [0.5, 0.6) is 0 Å². The average molecular weight is 211 g/mol. The second-order valence-corrected chi connectivity index (χ2v) is 3.26. The molecule has 0 atom stereocenters. The molecule has 0 saturated heterocycles. The Balaban J connectivity index is 2.87. The molecule has 0 N–H and O–H groups in total. The minimum atomic E-state index is 0.977. The molecule has 0 radical (unpaired) electrons. The number of pyridine rings is 1. The highest BCUT2D eigenvalue weighted by Crippen LogP contribution is 2.15. The molecule has 2 nitrogen and oxygen atoms in total. The first-order valence-electron chi connectivity index (χ1n) is 3.38. The second kappa shape index (κ2) is 2.34. The summed E-state index contributed by atoms with van der Waals surface area (Å²) in [6, 6.07) is 6.10. The Morgan fingerprint density at radius 1 is 1.36 bits per heavy atom. The Bertz CT molecular complexity index is 392. The first-order valence-corrected chi connectivity index (χ1v) is 4.09. The van der Waals surface area contributed by atoms with Crippen LogP contribution in [0.3, 0.4) is 0 Å².